The maximum atomic E-state index is 8.58. The SMILES string of the molecule is Cc1ccn(C)n1.NC=O. The van der Waals surface area contributed by atoms with E-state index < -0.39 is 0 Å². The first-order chi connectivity index (χ1) is 4.70. The Hall–Kier alpha value is -1.32. The first kappa shape index (κ1) is 8.68. The molecule has 0 atom stereocenters. The Morgan fingerprint density at radius 2 is 2.30 bits per heavy atom. The van der Waals surface area contributed by atoms with Crippen LogP contribution in [0.1, 0.15) is 5.69 Å². The molecular weight excluding hydrogens is 130 g/mol. The molecule has 1 heterocycles. The lowest BCUT2D eigenvalue weighted by Gasteiger charge is -1.79. The Morgan fingerprint density at radius 3 is 2.40 bits per heavy atom. The number of rotatable bonds is 0. The molecule has 1 amide bonds. The lowest BCUT2D eigenvalue weighted by atomic mass is 10.5. The van der Waals surface area contributed by atoms with E-state index in [-0.39, 0.29) is 6.41 Å². The smallest absolute Gasteiger partial charge is 0.204 e. The highest BCUT2D eigenvalue weighted by Crippen LogP contribution is 1.86. The fourth-order valence-corrected chi connectivity index (χ4v) is 0.531. The molecule has 1 aromatic rings. The van der Waals surface area contributed by atoms with E-state index in [9.17, 15) is 0 Å². The van der Waals surface area contributed by atoms with Crippen LogP contribution in [0.25, 0.3) is 0 Å². The van der Waals surface area contributed by atoms with Crippen LogP contribution in [0.15, 0.2) is 12.3 Å². The molecule has 0 aromatic carbocycles. The molecule has 2 N–H and O–H groups in total. The summed E-state index contributed by atoms with van der Waals surface area (Å²) in [7, 11) is 1.91. The average Bonchev–Trinajstić information content (AvgIpc) is 2.17. The number of carbonyl (C=O) groups excluding carboxylic acids is 1. The van der Waals surface area contributed by atoms with Crippen molar-refractivity contribution in [2.75, 3.05) is 0 Å². The number of nitrogens with two attached hydrogens (primary N) is 1. The van der Waals surface area contributed by atoms with Crippen molar-refractivity contribution in [1.29, 1.82) is 0 Å². The average molecular weight is 141 g/mol. The van der Waals surface area contributed by atoms with Gasteiger partial charge in [0.15, 0.2) is 0 Å². The molecule has 0 saturated carbocycles. The molecule has 0 aliphatic rings. The second-order valence-corrected chi connectivity index (χ2v) is 1.77. The van der Waals surface area contributed by atoms with E-state index in [1.807, 2.05) is 26.2 Å². The minimum Gasteiger partial charge on any atom is -0.372 e. The van der Waals surface area contributed by atoms with Gasteiger partial charge in [-0.15, -0.1) is 0 Å². The van der Waals surface area contributed by atoms with E-state index in [0.29, 0.717) is 0 Å². The van der Waals surface area contributed by atoms with Crippen LogP contribution in [0.5, 0.6) is 0 Å². The number of hydrogen-bond acceptors (Lipinski definition) is 2. The second kappa shape index (κ2) is 4.55. The summed E-state index contributed by atoms with van der Waals surface area (Å²) >= 11 is 0. The quantitative estimate of drug-likeness (QED) is 0.510. The fraction of sp³-hybridized carbons (Fsp3) is 0.333. The molecule has 1 rings (SSSR count). The molecule has 4 nitrogen and oxygen atoms in total. The van der Waals surface area contributed by atoms with Crippen molar-refractivity contribution in [2.24, 2.45) is 12.8 Å². The Balaban J connectivity index is 0.000000236. The van der Waals surface area contributed by atoms with Gasteiger partial charge in [-0.2, -0.15) is 5.10 Å². The number of primary amides is 1. The molecule has 0 aliphatic carbocycles. The predicted molar refractivity (Wildman–Crippen MR) is 38.2 cm³/mol. The number of aryl methyl sites for hydroxylation is 2. The molecular formula is C6H11N3O. The molecule has 0 radical (unpaired) electrons. The molecule has 4 heteroatoms. The topological polar surface area (TPSA) is 60.9 Å². The third kappa shape index (κ3) is 3.65. The molecule has 10 heavy (non-hydrogen) atoms. The molecule has 0 unspecified atom stereocenters. The van der Waals surface area contributed by atoms with Gasteiger partial charge in [-0.3, -0.25) is 9.48 Å². The minimum absolute atomic E-state index is 0.250. The van der Waals surface area contributed by atoms with Gasteiger partial charge in [0.05, 0.1) is 5.69 Å². The number of carbonyl (C=O) groups is 1. The van der Waals surface area contributed by atoms with Gasteiger partial charge >= 0.3 is 0 Å². The van der Waals surface area contributed by atoms with Crippen LogP contribution < -0.4 is 5.73 Å². The van der Waals surface area contributed by atoms with Crippen molar-refractivity contribution in [1.82, 2.24) is 9.78 Å². The standard InChI is InChI=1S/C5H8N2.CH3NO/c1-5-3-4-7(2)6-5;2-1-3/h3-4H,1-2H3;1H,(H2,2,3). The van der Waals surface area contributed by atoms with Crippen LogP contribution in [0.3, 0.4) is 0 Å². The van der Waals surface area contributed by atoms with E-state index in [0.717, 1.165) is 5.69 Å². The van der Waals surface area contributed by atoms with Crippen molar-refractivity contribution >= 4 is 6.41 Å². The summed E-state index contributed by atoms with van der Waals surface area (Å²) in [4.78, 5) is 8.58. The van der Waals surface area contributed by atoms with Gasteiger partial charge in [-0.25, -0.2) is 0 Å². The Kier molecular flexibility index (Phi) is 3.95. The summed E-state index contributed by atoms with van der Waals surface area (Å²) < 4.78 is 1.79. The zero-order valence-corrected chi connectivity index (χ0v) is 6.11. The Morgan fingerprint density at radius 1 is 1.80 bits per heavy atom. The summed E-state index contributed by atoms with van der Waals surface area (Å²) in [5, 5.41) is 4.03. The van der Waals surface area contributed by atoms with Gasteiger partial charge in [0.1, 0.15) is 0 Å². The second-order valence-electron chi connectivity index (χ2n) is 1.77. The molecule has 56 valence electrons. The molecule has 0 aliphatic heterocycles. The Labute approximate surface area is 59.6 Å². The van der Waals surface area contributed by atoms with Gasteiger partial charge in [0, 0.05) is 13.2 Å². The number of nitrogens with zero attached hydrogens (tertiary/aromatic N) is 2. The lowest BCUT2D eigenvalue weighted by Crippen LogP contribution is -1.86. The van der Waals surface area contributed by atoms with Crippen LogP contribution in [0.4, 0.5) is 0 Å². The van der Waals surface area contributed by atoms with Crippen molar-refractivity contribution in [2.45, 2.75) is 6.92 Å². The summed E-state index contributed by atoms with van der Waals surface area (Å²) in [6.07, 6.45) is 2.18. The zero-order chi connectivity index (χ0) is 7.98. The zero-order valence-electron chi connectivity index (χ0n) is 6.11. The molecule has 0 bridgehead atoms. The first-order valence-electron chi connectivity index (χ1n) is 2.82. The number of hydrogen-bond donors (Lipinski definition) is 1. The number of aromatic nitrogens is 2. The van der Waals surface area contributed by atoms with Crippen molar-refractivity contribution in [3.05, 3.63) is 18.0 Å². The van der Waals surface area contributed by atoms with Gasteiger partial charge in [0.2, 0.25) is 6.41 Å². The predicted octanol–water partition coefficient (Wildman–Crippen LogP) is -0.170. The van der Waals surface area contributed by atoms with Crippen molar-refractivity contribution < 1.29 is 4.79 Å². The molecule has 0 fully saturated rings. The third-order valence-corrected chi connectivity index (χ3v) is 0.847. The summed E-state index contributed by atoms with van der Waals surface area (Å²) in [5.41, 5.74) is 5.24. The van der Waals surface area contributed by atoms with Crippen LogP contribution in [-0.2, 0) is 11.8 Å². The molecule has 0 saturated heterocycles. The van der Waals surface area contributed by atoms with Gasteiger partial charge < -0.3 is 5.73 Å². The summed E-state index contributed by atoms with van der Waals surface area (Å²) in [6, 6.07) is 1.97. The van der Waals surface area contributed by atoms with Crippen molar-refractivity contribution in [3.63, 3.8) is 0 Å². The summed E-state index contributed by atoms with van der Waals surface area (Å²) in [5.74, 6) is 0. The third-order valence-electron chi connectivity index (χ3n) is 0.847. The minimum atomic E-state index is 0.250. The monoisotopic (exact) mass is 141 g/mol. The maximum absolute atomic E-state index is 8.58. The van der Waals surface area contributed by atoms with E-state index in [4.69, 9.17) is 4.79 Å². The number of amides is 1. The van der Waals surface area contributed by atoms with Gasteiger partial charge in [-0.1, -0.05) is 0 Å². The van der Waals surface area contributed by atoms with Crippen LogP contribution >= 0.6 is 0 Å². The first-order valence-corrected chi connectivity index (χ1v) is 2.82. The fourth-order valence-electron chi connectivity index (χ4n) is 0.531. The maximum Gasteiger partial charge on any atom is 0.204 e. The Bertz CT molecular complexity index is 178. The normalized spacial score (nSPS) is 7.80. The van der Waals surface area contributed by atoms with E-state index >= 15 is 0 Å². The summed E-state index contributed by atoms with van der Waals surface area (Å²) in [6.45, 7) is 1.97. The molecule has 1 aromatic heterocycles. The highest BCUT2D eigenvalue weighted by molar-refractivity contribution is 5.42. The lowest BCUT2D eigenvalue weighted by molar-refractivity contribution is -0.106. The van der Waals surface area contributed by atoms with E-state index in [2.05, 4.69) is 10.8 Å². The van der Waals surface area contributed by atoms with Crippen LogP contribution in [0, 0.1) is 6.92 Å². The highest BCUT2D eigenvalue weighted by Gasteiger charge is 1.81. The van der Waals surface area contributed by atoms with Gasteiger partial charge in [-0.05, 0) is 13.0 Å². The van der Waals surface area contributed by atoms with Crippen LogP contribution in [-0.4, -0.2) is 16.2 Å². The van der Waals surface area contributed by atoms with Crippen molar-refractivity contribution in [3.8, 4) is 0 Å². The largest absolute Gasteiger partial charge is 0.372 e. The highest BCUT2D eigenvalue weighted by atomic mass is 16.1. The molecule has 0 spiro atoms. The van der Waals surface area contributed by atoms with E-state index in [1.165, 1.54) is 0 Å². The van der Waals surface area contributed by atoms with Crippen LogP contribution in [0.2, 0.25) is 0 Å². The van der Waals surface area contributed by atoms with E-state index in [1.54, 1.807) is 4.68 Å². The van der Waals surface area contributed by atoms with Gasteiger partial charge in [0.25, 0.3) is 0 Å².